The molecular weight excluding hydrogens is 304 g/mol. The van der Waals surface area contributed by atoms with Crippen molar-refractivity contribution in [2.24, 2.45) is 0 Å². The maximum Gasteiger partial charge on any atom is 0.234 e. The number of ether oxygens (including phenoxy) is 2. The monoisotopic (exact) mass is 334 g/mol. The zero-order chi connectivity index (χ0) is 17.7. The molecule has 1 aromatic carbocycles. The smallest absolute Gasteiger partial charge is 0.234 e. The zero-order valence-electron chi connectivity index (χ0n) is 15.5. The van der Waals surface area contributed by atoms with Crippen molar-refractivity contribution >= 4 is 5.91 Å². The third-order valence-corrected chi connectivity index (χ3v) is 4.87. The first kappa shape index (κ1) is 18.6. The van der Waals surface area contributed by atoms with E-state index in [0.717, 1.165) is 42.9 Å². The second-order valence-electron chi connectivity index (χ2n) is 7.02. The van der Waals surface area contributed by atoms with Crippen molar-refractivity contribution in [1.29, 1.82) is 0 Å². The van der Waals surface area contributed by atoms with Crippen molar-refractivity contribution < 1.29 is 14.3 Å². The standard InChI is InChI=1S/C19H30N2O3/c1-6-19(2,3)20-18(22)13-21-11-7-8-16(21)15-10-9-14(23-4)12-17(15)24-5/h9-10,12,16H,6-8,11,13H2,1-5H3,(H,20,22). The molecule has 134 valence electrons. The quantitative estimate of drug-likeness (QED) is 0.832. The second kappa shape index (κ2) is 7.88. The first-order valence-corrected chi connectivity index (χ1v) is 8.67. The van der Waals surface area contributed by atoms with Crippen LogP contribution in [0.1, 0.15) is 51.6 Å². The van der Waals surface area contributed by atoms with Gasteiger partial charge < -0.3 is 14.8 Å². The number of hydrogen-bond acceptors (Lipinski definition) is 4. The maximum absolute atomic E-state index is 12.4. The van der Waals surface area contributed by atoms with E-state index in [1.165, 1.54) is 0 Å². The Balaban J connectivity index is 2.12. The molecule has 1 amide bonds. The molecule has 0 radical (unpaired) electrons. The predicted molar refractivity (Wildman–Crippen MR) is 95.6 cm³/mol. The number of carbonyl (C=O) groups excluding carboxylic acids is 1. The van der Waals surface area contributed by atoms with Crippen LogP contribution in [-0.4, -0.2) is 43.7 Å². The van der Waals surface area contributed by atoms with Gasteiger partial charge in [-0.3, -0.25) is 9.69 Å². The molecule has 1 fully saturated rings. The molecule has 24 heavy (non-hydrogen) atoms. The molecule has 1 N–H and O–H groups in total. The maximum atomic E-state index is 12.4. The van der Waals surface area contributed by atoms with E-state index >= 15 is 0 Å². The van der Waals surface area contributed by atoms with Gasteiger partial charge in [-0.25, -0.2) is 0 Å². The van der Waals surface area contributed by atoms with Crippen molar-refractivity contribution in [3.05, 3.63) is 23.8 Å². The molecule has 1 aromatic rings. The molecule has 5 nitrogen and oxygen atoms in total. The van der Waals surface area contributed by atoms with Gasteiger partial charge in [0, 0.05) is 23.2 Å². The van der Waals surface area contributed by atoms with Crippen molar-refractivity contribution in [2.75, 3.05) is 27.3 Å². The lowest BCUT2D eigenvalue weighted by atomic mass is 10.0. The summed E-state index contributed by atoms with van der Waals surface area (Å²) < 4.78 is 10.8. The summed E-state index contributed by atoms with van der Waals surface area (Å²) in [7, 11) is 3.32. The Morgan fingerprint density at radius 1 is 1.33 bits per heavy atom. The zero-order valence-corrected chi connectivity index (χ0v) is 15.5. The number of rotatable bonds is 7. The third-order valence-electron chi connectivity index (χ3n) is 4.87. The normalized spacial score (nSPS) is 18.5. The lowest BCUT2D eigenvalue weighted by molar-refractivity contribution is -0.124. The minimum atomic E-state index is -0.163. The van der Waals surface area contributed by atoms with Gasteiger partial charge in [0.2, 0.25) is 5.91 Å². The minimum Gasteiger partial charge on any atom is -0.497 e. The SMILES string of the molecule is CCC(C)(C)NC(=O)CN1CCCC1c1ccc(OC)cc1OC. The van der Waals surface area contributed by atoms with Crippen LogP contribution in [0.4, 0.5) is 0 Å². The van der Waals surface area contributed by atoms with Gasteiger partial charge in [0.15, 0.2) is 0 Å². The van der Waals surface area contributed by atoms with Crippen LogP contribution in [0.15, 0.2) is 18.2 Å². The van der Waals surface area contributed by atoms with Gasteiger partial charge in [-0.15, -0.1) is 0 Å². The molecule has 1 aliphatic heterocycles. The molecule has 0 bridgehead atoms. The Bertz CT molecular complexity index is 572. The van der Waals surface area contributed by atoms with E-state index in [-0.39, 0.29) is 17.5 Å². The van der Waals surface area contributed by atoms with Crippen LogP contribution >= 0.6 is 0 Å². The summed E-state index contributed by atoms with van der Waals surface area (Å²) in [5, 5.41) is 3.12. The van der Waals surface area contributed by atoms with Crippen molar-refractivity contribution in [3.8, 4) is 11.5 Å². The molecular formula is C19H30N2O3. The molecule has 2 rings (SSSR count). The van der Waals surface area contributed by atoms with E-state index in [2.05, 4.69) is 37.1 Å². The molecule has 0 saturated carbocycles. The van der Waals surface area contributed by atoms with E-state index in [0.29, 0.717) is 6.54 Å². The molecule has 1 atom stereocenters. The van der Waals surface area contributed by atoms with Crippen LogP contribution in [0, 0.1) is 0 Å². The molecule has 5 heteroatoms. The Labute approximate surface area is 145 Å². The molecule has 0 spiro atoms. The predicted octanol–water partition coefficient (Wildman–Crippen LogP) is 3.15. The summed E-state index contributed by atoms with van der Waals surface area (Å²) in [6.45, 7) is 7.54. The number of hydrogen-bond donors (Lipinski definition) is 1. The van der Waals surface area contributed by atoms with Crippen LogP contribution in [0.25, 0.3) is 0 Å². The van der Waals surface area contributed by atoms with Gasteiger partial charge >= 0.3 is 0 Å². The second-order valence-corrected chi connectivity index (χ2v) is 7.02. The minimum absolute atomic E-state index is 0.0845. The van der Waals surface area contributed by atoms with Gasteiger partial charge in [-0.05, 0) is 45.7 Å². The first-order valence-electron chi connectivity index (χ1n) is 8.67. The highest BCUT2D eigenvalue weighted by molar-refractivity contribution is 5.78. The highest BCUT2D eigenvalue weighted by atomic mass is 16.5. The largest absolute Gasteiger partial charge is 0.497 e. The van der Waals surface area contributed by atoms with E-state index in [4.69, 9.17) is 9.47 Å². The van der Waals surface area contributed by atoms with Gasteiger partial charge in [0.05, 0.1) is 20.8 Å². The molecule has 0 aliphatic carbocycles. The molecule has 1 aliphatic rings. The van der Waals surface area contributed by atoms with Crippen LogP contribution in [0.5, 0.6) is 11.5 Å². The van der Waals surface area contributed by atoms with E-state index in [1.54, 1.807) is 14.2 Å². The summed E-state index contributed by atoms with van der Waals surface area (Å²) in [5.41, 5.74) is 0.961. The molecule has 1 saturated heterocycles. The fourth-order valence-electron chi connectivity index (χ4n) is 3.15. The van der Waals surface area contributed by atoms with Gasteiger partial charge in [0.1, 0.15) is 11.5 Å². The number of amides is 1. The number of nitrogens with zero attached hydrogens (tertiary/aromatic N) is 1. The van der Waals surface area contributed by atoms with E-state index in [1.807, 2.05) is 12.1 Å². The fourth-order valence-corrected chi connectivity index (χ4v) is 3.15. The lowest BCUT2D eigenvalue weighted by Gasteiger charge is -2.29. The van der Waals surface area contributed by atoms with E-state index in [9.17, 15) is 4.79 Å². The number of likely N-dealkylation sites (tertiary alicyclic amines) is 1. The first-order chi connectivity index (χ1) is 11.4. The summed E-state index contributed by atoms with van der Waals surface area (Å²) in [5.74, 6) is 1.68. The Morgan fingerprint density at radius 3 is 2.71 bits per heavy atom. The third kappa shape index (κ3) is 4.41. The number of methoxy groups -OCH3 is 2. The molecule has 0 aromatic heterocycles. The topological polar surface area (TPSA) is 50.8 Å². The van der Waals surface area contributed by atoms with Gasteiger partial charge in [-0.1, -0.05) is 13.0 Å². The Morgan fingerprint density at radius 2 is 2.08 bits per heavy atom. The van der Waals surface area contributed by atoms with Crippen LogP contribution in [0.2, 0.25) is 0 Å². The fraction of sp³-hybridized carbons (Fsp3) is 0.632. The highest BCUT2D eigenvalue weighted by Crippen LogP contribution is 2.38. The van der Waals surface area contributed by atoms with Crippen LogP contribution in [-0.2, 0) is 4.79 Å². The Hall–Kier alpha value is -1.75. The lowest BCUT2D eigenvalue weighted by Crippen LogP contribution is -2.47. The van der Waals surface area contributed by atoms with Gasteiger partial charge in [-0.2, -0.15) is 0 Å². The number of nitrogens with one attached hydrogen (secondary N) is 1. The van der Waals surface area contributed by atoms with E-state index < -0.39 is 0 Å². The summed E-state index contributed by atoms with van der Waals surface area (Å²) in [4.78, 5) is 14.6. The number of carbonyl (C=O) groups is 1. The molecule has 1 heterocycles. The van der Waals surface area contributed by atoms with Crippen LogP contribution < -0.4 is 14.8 Å². The van der Waals surface area contributed by atoms with Crippen molar-refractivity contribution in [1.82, 2.24) is 10.2 Å². The average molecular weight is 334 g/mol. The summed E-state index contributed by atoms with van der Waals surface area (Å²) >= 11 is 0. The van der Waals surface area contributed by atoms with Crippen LogP contribution in [0.3, 0.4) is 0 Å². The number of benzene rings is 1. The van der Waals surface area contributed by atoms with Crippen molar-refractivity contribution in [2.45, 2.75) is 51.6 Å². The average Bonchev–Trinajstić information content (AvgIpc) is 3.01. The van der Waals surface area contributed by atoms with Crippen molar-refractivity contribution in [3.63, 3.8) is 0 Å². The Kier molecular flexibility index (Phi) is 6.10. The summed E-state index contributed by atoms with van der Waals surface area (Å²) in [6.07, 6.45) is 3.03. The van der Waals surface area contributed by atoms with Gasteiger partial charge in [0.25, 0.3) is 0 Å². The highest BCUT2D eigenvalue weighted by Gasteiger charge is 2.30. The molecule has 1 unspecified atom stereocenters. The summed E-state index contributed by atoms with van der Waals surface area (Å²) in [6, 6.07) is 6.12.